The number of aromatic nitrogens is 6. The van der Waals surface area contributed by atoms with Crippen molar-refractivity contribution in [2.24, 2.45) is 7.05 Å². The van der Waals surface area contributed by atoms with E-state index < -0.39 is 6.10 Å². The smallest absolute Gasteiger partial charge is 0.139 e. The second-order valence-corrected chi connectivity index (χ2v) is 7.02. The molecule has 1 aliphatic heterocycles. The molecule has 0 aliphatic carbocycles. The first-order valence-corrected chi connectivity index (χ1v) is 9.37. The summed E-state index contributed by atoms with van der Waals surface area (Å²) in [6.45, 7) is 6.46. The van der Waals surface area contributed by atoms with Gasteiger partial charge in [-0.05, 0) is 25.5 Å². The maximum absolute atomic E-state index is 10.7. The number of aliphatic hydroxyl groups is 1. The predicted octanol–water partition coefficient (Wildman–Crippen LogP) is 1.77. The molecule has 0 amide bonds. The Bertz CT molecular complexity index is 945. The van der Waals surface area contributed by atoms with E-state index in [0.717, 1.165) is 54.7 Å². The van der Waals surface area contributed by atoms with Crippen LogP contribution in [-0.2, 0) is 26.6 Å². The van der Waals surface area contributed by atoms with E-state index >= 15 is 0 Å². The lowest BCUT2D eigenvalue weighted by atomic mass is 10.1. The highest BCUT2D eigenvalue weighted by Crippen LogP contribution is 2.25. The van der Waals surface area contributed by atoms with Crippen molar-refractivity contribution < 1.29 is 5.11 Å². The Kier molecular flexibility index (Phi) is 4.65. The third-order valence-corrected chi connectivity index (χ3v) is 4.92. The Morgan fingerprint density at radius 2 is 2.07 bits per heavy atom. The Morgan fingerprint density at radius 3 is 2.81 bits per heavy atom. The van der Waals surface area contributed by atoms with E-state index in [1.807, 2.05) is 36.9 Å². The highest BCUT2D eigenvalue weighted by molar-refractivity contribution is 5.41. The molecule has 1 N–H and O–H groups in total. The first-order chi connectivity index (χ1) is 13.0. The van der Waals surface area contributed by atoms with E-state index in [1.165, 1.54) is 0 Å². The van der Waals surface area contributed by atoms with Gasteiger partial charge in [-0.2, -0.15) is 10.2 Å². The molecule has 142 valence electrons. The van der Waals surface area contributed by atoms with Crippen molar-refractivity contribution in [3.8, 4) is 0 Å². The van der Waals surface area contributed by atoms with Gasteiger partial charge in [0.2, 0.25) is 0 Å². The maximum atomic E-state index is 10.7. The lowest BCUT2D eigenvalue weighted by Gasteiger charge is -2.29. The number of hydrogen-bond donors (Lipinski definition) is 1. The number of aryl methyl sites for hydroxylation is 3. The van der Waals surface area contributed by atoms with Crippen LogP contribution in [0.15, 0.2) is 24.4 Å². The first kappa shape index (κ1) is 17.7. The maximum Gasteiger partial charge on any atom is 0.139 e. The van der Waals surface area contributed by atoms with Gasteiger partial charge in [-0.1, -0.05) is 6.92 Å². The molecule has 0 saturated heterocycles. The van der Waals surface area contributed by atoms with Crippen molar-refractivity contribution in [1.29, 1.82) is 0 Å². The molecule has 0 radical (unpaired) electrons. The molecule has 1 atom stereocenters. The van der Waals surface area contributed by atoms with E-state index in [9.17, 15) is 5.11 Å². The number of hydrogen-bond acceptors (Lipinski definition) is 6. The minimum atomic E-state index is -0.776. The Hall–Kier alpha value is -2.74. The lowest BCUT2D eigenvalue weighted by Crippen LogP contribution is -2.34. The van der Waals surface area contributed by atoms with Crippen LogP contribution >= 0.6 is 0 Å². The molecule has 0 spiro atoms. The van der Waals surface area contributed by atoms with Gasteiger partial charge in [0.05, 0.1) is 30.2 Å². The summed E-state index contributed by atoms with van der Waals surface area (Å²) in [4.78, 5) is 11.5. The van der Waals surface area contributed by atoms with E-state index in [1.54, 1.807) is 10.9 Å². The lowest BCUT2D eigenvalue weighted by molar-refractivity contribution is 0.203. The summed E-state index contributed by atoms with van der Waals surface area (Å²) in [5.41, 5.74) is 3.46. The highest BCUT2D eigenvalue weighted by Gasteiger charge is 2.24. The second kappa shape index (κ2) is 7.11. The van der Waals surface area contributed by atoms with Gasteiger partial charge in [-0.3, -0.25) is 9.36 Å². The van der Waals surface area contributed by atoms with E-state index in [-0.39, 0.29) is 0 Å². The molecule has 0 saturated carbocycles. The zero-order valence-corrected chi connectivity index (χ0v) is 16.0. The average Bonchev–Trinajstić information content (AvgIpc) is 3.26. The van der Waals surface area contributed by atoms with Crippen molar-refractivity contribution in [3.63, 3.8) is 0 Å². The normalized spacial score (nSPS) is 15.0. The van der Waals surface area contributed by atoms with Crippen LogP contribution < -0.4 is 4.90 Å². The van der Waals surface area contributed by atoms with E-state index in [4.69, 9.17) is 4.98 Å². The summed E-state index contributed by atoms with van der Waals surface area (Å²) in [5, 5.41) is 19.4. The molecule has 0 bridgehead atoms. The summed E-state index contributed by atoms with van der Waals surface area (Å²) < 4.78 is 3.65. The Labute approximate surface area is 158 Å². The quantitative estimate of drug-likeness (QED) is 0.740. The summed E-state index contributed by atoms with van der Waals surface area (Å²) >= 11 is 0. The summed E-state index contributed by atoms with van der Waals surface area (Å²) in [6, 6.07) is 5.83. The van der Waals surface area contributed by atoms with Crippen molar-refractivity contribution in [2.45, 2.75) is 45.9 Å². The largest absolute Gasteiger partial charge is 0.380 e. The van der Waals surface area contributed by atoms with Crippen molar-refractivity contribution in [1.82, 2.24) is 29.5 Å². The van der Waals surface area contributed by atoms with Crippen LogP contribution in [0.3, 0.4) is 0 Å². The molecule has 0 fully saturated rings. The fraction of sp³-hybridized carbons (Fsp3) is 0.474. The van der Waals surface area contributed by atoms with E-state index in [0.29, 0.717) is 12.2 Å². The van der Waals surface area contributed by atoms with Gasteiger partial charge < -0.3 is 10.0 Å². The summed E-state index contributed by atoms with van der Waals surface area (Å²) in [6.07, 6.45) is 2.83. The van der Waals surface area contributed by atoms with Crippen molar-refractivity contribution in [2.75, 3.05) is 11.4 Å². The number of anilines is 1. The van der Waals surface area contributed by atoms with Crippen LogP contribution in [0, 0.1) is 6.92 Å². The van der Waals surface area contributed by atoms with Crippen LogP contribution in [0.25, 0.3) is 0 Å². The van der Waals surface area contributed by atoms with Gasteiger partial charge in [0.1, 0.15) is 17.7 Å². The van der Waals surface area contributed by atoms with Crippen LogP contribution in [0.1, 0.15) is 48.0 Å². The van der Waals surface area contributed by atoms with Gasteiger partial charge >= 0.3 is 0 Å². The Balaban J connectivity index is 1.57. The van der Waals surface area contributed by atoms with Crippen LogP contribution in [0.5, 0.6) is 0 Å². The molecular formula is C19H25N7O. The second-order valence-electron chi connectivity index (χ2n) is 7.02. The van der Waals surface area contributed by atoms with Crippen LogP contribution in [0.4, 0.5) is 5.82 Å². The van der Waals surface area contributed by atoms with Gasteiger partial charge in [0.25, 0.3) is 0 Å². The Morgan fingerprint density at radius 1 is 1.22 bits per heavy atom. The fourth-order valence-corrected chi connectivity index (χ4v) is 3.53. The third-order valence-electron chi connectivity index (χ3n) is 4.92. The minimum absolute atomic E-state index is 0.654. The highest BCUT2D eigenvalue weighted by atomic mass is 16.3. The molecule has 4 heterocycles. The van der Waals surface area contributed by atoms with E-state index in [2.05, 4.69) is 27.0 Å². The molecule has 3 aromatic heterocycles. The van der Waals surface area contributed by atoms with Crippen LogP contribution in [-0.4, -0.2) is 41.2 Å². The molecule has 0 aromatic carbocycles. The first-order valence-electron chi connectivity index (χ1n) is 9.37. The molecule has 1 aliphatic rings. The number of fused-ring (bicyclic) bond motifs is 1. The van der Waals surface area contributed by atoms with Crippen LogP contribution in [0.2, 0.25) is 0 Å². The third kappa shape index (κ3) is 3.44. The minimum Gasteiger partial charge on any atom is -0.380 e. The standard InChI is InChI=1S/C19H25N7O/c1-4-5-17-21-13(2)10-18(22-17)25-8-9-26-14(12-25)11-15(23-26)19(27)16-6-7-20-24(16)3/h6-7,10-11,19,27H,4-5,8-9,12H2,1-3H3/t19-/m1/s1. The molecular weight excluding hydrogens is 342 g/mol. The van der Waals surface area contributed by atoms with Gasteiger partial charge in [0.15, 0.2) is 0 Å². The monoisotopic (exact) mass is 367 g/mol. The predicted molar refractivity (Wildman–Crippen MR) is 101 cm³/mol. The molecule has 8 nitrogen and oxygen atoms in total. The van der Waals surface area contributed by atoms with Gasteiger partial charge in [-0.25, -0.2) is 9.97 Å². The number of rotatable bonds is 5. The van der Waals surface area contributed by atoms with Gasteiger partial charge in [0, 0.05) is 38.0 Å². The average molecular weight is 367 g/mol. The van der Waals surface area contributed by atoms with Gasteiger partial charge in [-0.15, -0.1) is 0 Å². The summed E-state index contributed by atoms with van der Waals surface area (Å²) in [5.74, 6) is 1.87. The molecule has 4 rings (SSSR count). The zero-order valence-electron chi connectivity index (χ0n) is 16.0. The topological polar surface area (TPSA) is 84.9 Å². The number of aliphatic hydroxyl groups excluding tert-OH is 1. The molecule has 27 heavy (non-hydrogen) atoms. The molecule has 0 unspecified atom stereocenters. The van der Waals surface area contributed by atoms with Crippen molar-refractivity contribution in [3.05, 3.63) is 53.0 Å². The summed E-state index contributed by atoms with van der Waals surface area (Å²) in [7, 11) is 1.82. The molecule has 8 heteroatoms. The molecule has 3 aromatic rings. The SMILES string of the molecule is CCCc1nc(C)cc(N2CCn3nc([C@@H](O)c4ccnn4C)cc3C2)n1. The zero-order chi connectivity index (χ0) is 19.0. The van der Waals surface area contributed by atoms with Crippen molar-refractivity contribution >= 4 is 5.82 Å². The number of nitrogens with zero attached hydrogens (tertiary/aromatic N) is 7. The fourth-order valence-electron chi connectivity index (χ4n) is 3.53.